The van der Waals surface area contributed by atoms with E-state index >= 15 is 0 Å². The number of pyridine rings is 1. The number of hydrogen-bond acceptors (Lipinski definition) is 3. The second kappa shape index (κ2) is 4.93. The number of halogens is 1. The second-order valence-electron chi connectivity index (χ2n) is 4.89. The summed E-state index contributed by atoms with van der Waals surface area (Å²) in [5.74, 6) is 0. The molecule has 0 saturated carbocycles. The Balaban J connectivity index is 2.29. The zero-order valence-corrected chi connectivity index (χ0v) is 12.2. The molecule has 2 aromatic heterocycles. The number of rotatable bonds is 1. The van der Waals surface area contributed by atoms with Gasteiger partial charge in [-0.2, -0.15) is 0 Å². The molecule has 0 aliphatic heterocycles. The highest BCUT2D eigenvalue weighted by molar-refractivity contribution is 6.28. The molecule has 2 aromatic carbocycles. The Hall–Kier alpha value is -2.72. The van der Waals surface area contributed by atoms with Crippen molar-refractivity contribution < 1.29 is 0 Å². The van der Waals surface area contributed by atoms with Crippen molar-refractivity contribution >= 4 is 33.4 Å². The number of hydrogen-bond donors (Lipinski definition) is 0. The molecule has 4 nitrogen and oxygen atoms in total. The number of para-hydroxylation sites is 1. The molecule has 5 heteroatoms. The quantitative estimate of drug-likeness (QED) is 0.399. The largest absolute Gasteiger partial charge is 0.273 e. The Morgan fingerprint density at radius 2 is 1.59 bits per heavy atom. The summed E-state index contributed by atoms with van der Waals surface area (Å²) >= 11 is 5.95. The van der Waals surface area contributed by atoms with Crippen LogP contribution in [-0.2, 0) is 0 Å². The van der Waals surface area contributed by atoms with Gasteiger partial charge in [0.15, 0.2) is 0 Å². The first-order chi connectivity index (χ1) is 10.8. The minimum atomic E-state index is -0.0970. The van der Waals surface area contributed by atoms with E-state index < -0.39 is 0 Å². The fourth-order valence-corrected chi connectivity index (χ4v) is 2.79. The molecular formula is C17H10ClN3O. The van der Waals surface area contributed by atoms with Gasteiger partial charge in [-0.05, 0) is 29.8 Å². The van der Waals surface area contributed by atoms with E-state index in [-0.39, 0.29) is 10.8 Å². The van der Waals surface area contributed by atoms with Gasteiger partial charge in [-0.3, -0.25) is 9.36 Å². The van der Waals surface area contributed by atoms with Crippen molar-refractivity contribution in [2.24, 2.45) is 0 Å². The maximum atomic E-state index is 12.9. The van der Waals surface area contributed by atoms with Crippen LogP contribution in [0.2, 0.25) is 5.28 Å². The molecule has 4 rings (SSSR count). The minimum Gasteiger partial charge on any atom is -0.273 e. The first kappa shape index (κ1) is 13.0. The molecule has 4 aromatic rings. The van der Waals surface area contributed by atoms with Crippen LogP contribution in [0, 0.1) is 0 Å². The van der Waals surface area contributed by atoms with E-state index in [9.17, 15) is 4.79 Å². The van der Waals surface area contributed by atoms with E-state index in [4.69, 9.17) is 11.6 Å². The summed E-state index contributed by atoms with van der Waals surface area (Å²) in [5.41, 5.74) is 1.98. The maximum absolute atomic E-state index is 12.9. The van der Waals surface area contributed by atoms with E-state index in [1.54, 1.807) is 16.8 Å². The van der Waals surface area contributed by atoms with Gasteiger partial charge in [0.05, 0.1) is 11.7 Å². The van der Waals surface area contributed by atoms with Gasteiger partial charge in [0, 0.05) is 16.5 Å². The third kappa shape index (κ3) is 1.89. The van der Waals surface area contributed by atoms with Crippen molar-refractivity contribution in [3.05, 3.63) is 76.4 Å². The summed E-state index contributed by atoms with van der Waals surface area (Å²) in [4.78, 5) is 21.3. The lowest BCUT2D eigenvalue weighted by Gasteiger charge is -2.12. The Morgan fingerprint density at radius 3 is 2.36 bits per heavy atom. The molecule has 0 saturated heterocycles. The van der Waals surface area contributed by atoms with Crippen molar-refractivity contribution in [1.29, 1.82) is 0 Å². The predicted octanol–water partition coefficient (Wildman–Crippen LogP) is 3.59. The number of benzene rings is 2. The third-order valence-corrected chi connectivity index (χ3v) is 3.79. The lowest BCUT2D eigenvalue weighted by Crippen LogP contribution is -2.19. The van der Waals surface area contributed by atoms with Crippen LogP contribution >= 0.6 is 11.6 Å². The van der Waals surface area contributed by atoms with Crippen molar-refractivity contribution in [1.82, 2.24) is 14.5 Å². The van der Waals surface area contributed by atoms with E-state index in [2.05, 4.69) is 9.97 Å². The number of fused-ring (bicyclic) bond motifs is 3. The molecule has 0 fully saturated rings. The lowest BCUT2D eigenvalue weighted by atomic mass is 10.1. The molecule has 0 spiro atoms. The van der Waals surface area contributed by atoms with Gasteiger partial charge in [0.2, 0.25) is 5.28 Å². The highest BCUT2D eigenvalue weighted by atomic mass is 35.5. The molecule has 0 N–H and O–H groups in total. The van der Waals surface area contributed by atoms with Crippen molar-refractivity contribution in [3.63, 3.8) is 0 Å². The fraction of sp³-hybridized carbons (Fsp3) is 0. The first-order valence-electron chi connectivity index (χ1n) is 6.77. The molecule has 0 aliphatic carbocycles. The standard InChI is InChI=1S/C17H10ClN3O/c18-17-19-10-14-15(20-17)12-8-4-5-9-13(12)16(22)21(14)11-6-2-1-3-7-11/h1-10H. The summed E-state index contributed by atoms with van der Waals surface area (Å²) in [6.07, 6.45) is 1.59. The van der Waals surface area contributed by atoms with Crippen molar-refractivity contribution in [3.8, 4) is 5.69 Å². The third-order valence-electron chi connectivity index (χ3n) is 3.61. The highest BCUT2D eigenvalue weighted by Gasteiger charge is 2.13. The SMILES string of the molecule is O=c1c2ccccc2c2nc(Cl)ncc2n1-c1ccccc1. The van der Waals surface area contributed by atoms with E-state index in [0.717, 1.165) is 11.1 Å². The monoisotopic (exact) mass is 307 g/mol. The molecule has 0 bridgehead atoms. The number of nitrogens with zero attached hydrogens (tertiary/aromatic N) is 3. The average Bonchev–Trinajstić information content (AvgIpc) is 2.57. The van der Waals surface area contributed by atoms with Crippen LogP contribution in [0.5, 0.6) is 0 Å². The van der Waals surface area contributed by atoms with Gasteiger partial charge in [0.1, 0.15) is 5.52 Å². The summed E-state index contributed by atoms with van der Waals surface area (Å²) in [5, 5.41) is 1.54. The van der Waals surface area contributed by atoms with Crippen LogP contribution in [0.3, 0.4) is 0 Å². The van der Waals surface area contributed by atoms with Gasteiger partial charge < -0.3 is 0 Å². The topological polar surface area (TPSA) is 47.8 Å². The molecule has 0 aliphatic rings. The summed E-state index contributed by atoms with van der Waals surface area (Å²) in [6.45, 7) is 0. The van der Waals surface area contributed by atoms with Crippen LogP contribution < -0.4 is 5.56 Å². The Morgan fingerprint density at radius 1 is 0.909 bits per heavy atom. The van der Waals surface area contributed by atoms with Crippen LogP contribution in [0.15, 0.2) is 65.6 Å². The van der Waals surface area contributed by atoms with Gasteiger partial charge in [-0.25, -0.2) is 9.97 Å². The molecule has 0 amide bonds. The van der Waals surface area contributed by atoms with Gasteiger partial charge in [-0.15, -0.1) is 0 Å². The fourth-order valence-electron chi connectivity index (χ4n) is 2.66. The van der Waals surface area contributed by atoms with Crippen molar-refractivity contribution in [2.75, 3.05) is 0 Å². The molecule has 0 unspecified atom stereocenters. The summed E-state index contributed by atoms with van der Waals surface area (Å²) in [6, 6.07) is 16.8. The van der Waals surface area contributed by atoms with Crippen LogP contribution in [0.1, 0.15) is 0 Å². The van der Waals surface area contributed by atoms with Gasteiger partial charge in [-0.1, -0.05) is 36.4 Å². The van der Waals surface area contributed by atoms with Crippen LogP contribution in [-0.4, -0.2) is 14.5 Å². The Kier molecular flexibility index (Phi) is 2.91. The zero-order chi connectivity index (χ0) is 15.1. The van der Waals surface area contributed by atoms with E-state index in [1.165, 1.54) is 0 Å². The predicted molar refractivity (Wildman–Crippen MR) is 87.7 cm³/mol. The Bertz CT molecular complexity index is 1060. The van der Waals surface area contributed by atoms with E-state index in [0.29, 0.717) is 16.4 Å². The molecule has 106 valence electrons. The summed E-state index contributed by atoms with van der Waals surface area (Å²) < 4.78 is 1.62. The molecule has 22 heavy (non-hydrogen) atoms. The second-order valence-corrected chi connectivity index (χ2v) is 5.23. The molecule has 0 radical (unpaired) electrons. The minimum absolute atomic E-state index is 0.0970. The van der Waals surface area contributed by atoms with Crippen molar-refractivity contribution in [2.45, 2.75) is 0 Å². The average molecular weight is 308 g/mol. The maximum Gasteiger partial charge on any atom is 0.263 e. The van der Waals surface area contributed by atoms with Gasteiger partial charge in [0.25, 0.3) is 5.56 Å². The normalized spacial score (nSPS) is 11.1. The lowest BCUT2D eigenvalue weighted by molar-refractivity contribution is 1.04. The van der Waals surface area contributed by atoms with E-state index in [1.807, 2.05) is 48.5 Å². The van der Waals surface area contributed by atoms with Crippen LogP contribution in [0.4, 0.5) is 0 Å². The van der Waals surface area contributed by atoms with Gasteiger partial charge >= 0.3 is 0 Å². The molecule has 0 atom stereocenters. The summed E-state index contributed by atoms with van der Waals surface area (Å²) in [7, 11) is 0. The molecule has 2 heterocycles. The van der Waals surface area contributed by atoms with Crippen LogP contribution in [0.25, 0.3) is 27.5 Å². The highest BCUT2D eigenvalue weighted by Crippen LogP contribution is 2.23. The first-order valence-corrected chi connectivity index (χ1v) is 7.15. The zero-order valence-electron chi connectivity index (χ0n) is 11.4. The Labute approximate surface area is 130 Å². The molecular weight excluding hydrogens is 298 g/mol. The smallest absolute Gasteiger partial charge is 0.263 e. The number of aromatic nitrogens is 3.